The molecule has 2 aliphatic carbocycles. The zero-order chi connectivity index (χ0) is 11.2. The minimum absolute atomic E-state index is 0.0208. The molecule has 0 aromatic heterocycles. The second-order valence-corrected chi connectivity index (χ2v) is 6.64. The average molecular weight is 221 g/mol. The van der Waals surface area contributed by atoms with Gasteiger partial charge >= 0.3 is 0 Å². The summed E-state index contributed by atoms with van der Waals surface area (Å²) in [5.74, 6) is 0.465. The fraction of sp³-hybridized carbons (Fsp3) is 0.929. The number of amides is 1. The molecule has 3 aliphatic rings. The standard InChI is InChI=1S/C14H23NO/c1-13(6-4-2-3-5-7-13)12(16)15-10-14(11-15)8-9-14/h2-11H2,1H3. The Labute approximate surface area is 98.4 Å². The molecule has 0 atom stereocenters. The Kier molecular flexibility index (Phi) is 2.31. The third kappa shape index (κ3) is 1.66. The van der Waals surface area contributed by atoms with Crippen LogP contribution in [0.4, 0.5) is 0 Å². The molecule has 1 heterocycles. The van der Waals surface area contributed by atoms with Crippen LogP contribution in [0.2, 0.25) is 0 Å². The maximum atomic E-state index is 12.5. The van der Waals surface area contributed by atoms with Gasteiger partial charge in [-0.1, -0.05) is 32.6 Å². The SMILES string of the molecule is CC1(C(=O)N2CC3(CC3)C2)CCCCCC1. The molecule has 1 spiro atoms. The number of hydrogen-bond acceptors (Lipinski definition) is 1. The molecule has 3 rings (SSSR count). The van der Waals surface area contributed by atoms with Crippen molar-refractivity contribution >= 4 is 5.91 Å². The zero-order valence-corrected chi connectivity index (χ0v) is 10.4. The van der Waals surface area contributed by atoms with Crippen LogP contribution in [0.3, 0.4) is 0 Å². The normalized spacial score (nSPS) is 30.7. The van der Waals surface area contributed by atoms with E-state index in [-0.39, 0.29) is 5.41 Å². The lowest BCUT2D eigenvalue weighted by Gasteiger charge is -2.44. The van der Waals surface area contributed by atoms with Gasteiger partial charge in [0.25, 0.3) is 0 Å². The number of rotatable bonds is 1. The molecular formula is C14H23NO. The first-order valence-corrected chi connectivity index (χ1v) is 6.93. The maximum absolute atomic E-state index is 12.5. The van der Waals surface area contributed by atoms with E-state index in [0.717, 1.165) is 25.9 Å². The largest absolute Gasteiger partial charge is 0.341 e. The quantitative estimate of drug-likeness (QED) is 0.623. The smallest absolute Gasteiger partial charge is 0.228 e. The van der Waals surface area contributed by atoms with E-state index in [9.17, 15) is 4.79 Å². The van der Waals surface area contributed by atoms with E-state index in [2.05, 4.69) is 11.8 Å². The minimum atomic E-state index is -0.0208. The highest BCUT2D eigenvalue weighted by molar-refractivity contribution is 5.83. The van der Waals surface area contributed by atoms with Crippen molar-refractivity contribution < 1.29 is 4.79 Å². The molecule has 0 aromatic rings. The molecule has 2 heteroatoms. The van der Waals surface area contributed by atoms with Crippen LogP contribution in [0.15, 0.2) is 0 Å². The summed E-state index contributed by atoms with van der Waals surface area (Å²) in [6.07, 6.45) is 10.1. The monoisotopic (exact) mass is 221 g/mol. The van der Waals surface area contributed by atoms with Gasteiger partial charge in [0.15, 0.2) is 0 Å². The molecule has 1 aliphatic heterocycles. The zero-order valence-electron chi connectivity index (χ0n) is 10.4. The Morgan fingerprint density at radius 2 is 1.50 bits per heavy atom. The van der Waals surface area contributed by atoms with Gasteiger partial charge in [0.1, 0.15) is 0 Å². The predicted octanol–water partition coefficient (Wildman–Crippen LogP) is 2.97. The molecule has 1 saturated heterocycles. The van der Waals surface area contributed by atoms with E-state index in [1.807, 2.05) is 0 Å². The summed E-state index contributed by atoms with van der Waals surface area (Å²) in [4.78, 5) is 14.6. The number of hydrogen-bond donors (Lipinski definition) is 0. The molecule has 0 radical (unpaired) electrons. The van der Waals surface area contributed by atoms with Crippen LogP contribution in [0.25, 0.3) is 0 Å². The van der Waals surface area contributed by atoms with Crippen molar-refractivity contribution in [3.63, 3.8) is 0 Å². The summed E-state index contributed by atoms with van der Waals surface area (Å²) in [5, 5.41) is 0. The van der Waals surface area contributed by atoms with Gasteiger partial charge in [-0.2, -0.15) is 0 Å². The molecule has 0 aromatic carbocycles. The topological polar surface area (TPSA) is 20.3 Å². The molecular weight excluding hydrogens is 198 g/mol. The molecule has 0 unspecified atom stereocenters. The van der Waals surface area contributed by atoms with Gasteiger partial charge in [0.05, 0.1) is 0 Å². The molecule has 0 bridgehead atoms. The summed E-state index contributed by atoms with van der Waals surface area (Å²) in [5.41, 5.74) is 0.587. The fourth-order valence-corrected chi connectivity index (χ4v) is 3.50. The Bertz CT molecular complexity index is 290. The molecule has 2 nitrogen and oxygen atoms in total. The maximum Gasteiger partial charge on any atom is 0.228 e. The van der Waals surface area contributed by atoms with Crippen molar-refractivity contribution in [2.75, 3.05) is 13.1 Å². The lowest BCUT2D eigenvalue weighted by Crippen LogP contribution is -2.55. The van der Waals surface area contributed by atoms with Crippen LogP contribution >= 0.6 is 0 Å². The lowest BCUT2D eigenvalue weighted by molar-refractivity contribution is -0.150. The second kappa shape index (κ2) is 3.48. The fourth-order valence-electron chi connectivity index (χ4n) is 3.50. The van der Waals surface area contributed by atoms with Gasteiger partial charge in [-0.25, -0.2) is 0 Å². The predicted molar refractivity (Wildman–Crippen MR) is 64.1 cm³/mol. The van der Waals surface area contributed by atoms with Gasteiger partial charge in [-0.3, -0.25) is 4.79 Å². The van der Waals surface area contributed by atoms with Gasteiger partial charge in [-0.15, -0.1) is 0 Å². The summed E-state index contributed by atoms with van der Waals surface area (Å²) in [7, 11) is 0. The van der Waals surface area contributed by atoms with Crippen molar-refractivity contribution in [2.24, 2.45) is 10.8 Å². The van der Waals surface area contributed by atoms with Gasteiger partial charge in [0.2, 0.25) is 5.91 Å². The van der Waals surface area contributed by atoms with E-state index in [1.165, 1.54) is 38.5 Å². The Hall–Kier alpha value is -0.530. The van der Waals surface area contributed by atoms with E-state index in [0.29, 0.717) is 11.3 Å². The number of likely N-dealkylation sites (tertiary alicyclic amines) is 1. The van der Waals surface area contributed by atoms with Gasteiger partial charge in [0, 0.05) is 23.9 Å². The first kappa shape index (κ1) is 10.6. The summed E-state index contributed by atoms with van der Waals surface area (Å²) in [6.45, 7) is 4.35. The summed E-state index contributed by atoms with van der Waals surface area (Å²) < 4.78 is 0. The Morgan fingerprint density at radius 3 is 2.00 bits per heavy atom. The highest BCUT2D eigenvalue weighted by Crippen LogP contribution is 2.54. The van der Waals surface area contributed by atoms with Crippen molar-refractivity contribution in [1.29, 1.82) is 0 Å². The van der Waals surface area contributed by atoms with Crippen molar-refractivity contribution in [3.8, 4) is 0 Å². The van der Waals surface area contributed by atoms with Crippen molar-refractivity contribution in [1.82, 2.24) is 4.90 Å². The van der Waals surface area contributed by atoms with E-state index >= 15 is 0 Å². The molecule has 2 saturated carbocycles. The lowest BCUT2D eigenvalue weighted by atomic mass is 9.79. The highest BCUT2D eigenvalue weighted by atomic mass is 16.2. The van der Waals surface area contributed by atoms with Gasteiger partial charge in [-0.05, 0) is 25.7 Å². The van der Waals surface area contributed by atoms with E-state index in [4.69, 9.17) is 0 Å². The first-order chi connectivity index (χ1) is 7.64. The number of carbonyl (C=O) groups is 1. The van der Waals surface area contributed by atoms with E-state index in [1.54, 1.807) is 0 Å². The average Bonchev–Trinajstić information content (AvgIpc) is 2.99. The van der Waals surface area contributed by atoms with Crippen LogP contribution < -0.4 is 0 Å². The van der Waals surface area contributed by atoms with Crippen LogP contribution in [0.1, 0.15) is 58.3 Å². The highest BCUT2D eigenvalue weighted by Gasteiger charge is 2.55. The van der Waals surface area contributed by atoms with Crippen LogP contribution in [-0.2, 0) is 4.79 Å². The summed E-state index contributed by atoms with van der Waals surface area (Å²) >= 11 is 0. The summed E-state index contributed by atoms with van der Waals surface area (Å²) in [6, 6.07) is 0. The Balaban J connectivity index is 1.63. The molecule has 1 amide bonds. The Morgan fingerprint density at radius 1 is 0.938 bits per heavy atom. The van der Waals surface area contributed by atoms with Crippen molar-refractivity contribution in [3.05, 3.63) is 0 Å². The van der Waals surface area contributed by atoms with Crippen LogP contribution in [0.5, 0.6) is 0 Å². The van der Waals surface area contributed by atoms with Crippen LogP contribution in [-0.4, -0.2) is 23.9 Å². The second-order valence-electron chi connectivity index (χ2n) is 6.64. The number of carbonyl (C=O) groups excluding carboxylic acids is 1. The molecule has 16 heavy (non-hydrogen) atoms. The number of nitrogens with zero attached hydrogens (tertiary/aromatic N) is 1. The van der Waals surface area contributed by atoms with Crippen LogP contribution in [0, 0.1) is 10.8 Å². The van der Waals surface area contributed by atoms with E-state index < -0.39 is 0 Å². The van der Waals surface area contributed by atoms with Gasteiger partial charge < -0.3 is 4.90 Å². The molecule has 3 fully saturated rings. The minimum Gasteiger partial charge on any atom is -0.341 e. The molecule has 0 N–H and O–H groups in total. The first-order valence-electron chi connectivity index (χ1n) is 6.93. The molecule has 90 valence electrons. The third-order valence-corrected chi connectivity index (χ3v) is 5.02. The third-order valence-electron chi connectivity index (χ3n) is 5.02. The van der Waals surface area contributed by atoms with Crippen molar-refractivity contribution in [2.45, 2.75) is 58.3 Å².